The van der Waals surface area contributed by atoms with Crippen molar-refractivity contribution in [1.82, 2.24) is 14.6 Å². The van der Waals surface area contributed by atoms with Gasteiger partial charge in [-0.15, -0.1) is 0 Å². The molecule has 7 heteroatoms. The van der Waals surface area contributed by atoms with Gasteiger partial charge in [0.05, 0.1) is 31.2 Å². The van der Waals surface area contributed by atoms with Crippen LogP contribution in [-0.4, -0.2) is 40.1 Å². The molecule has 27 heavy (non-hydrogen) atoms. The molecule has 0 fully saturated rings. The Labute approximate surface area is 155 Å². The van der Waals surface area contributed by atoms with E-state index >= 15 is 0 Å². The van der Waals surface area contributed by atoms with Crippen LogP contribution in [-0.2, 0) is 11.2 Å². The van der Waals surface area contributed by atoms with Crippen molar-refractivity contribution < 1.29 is 19.1 Å². The first-order valence-electron chi connectivity index (χ1n) is 8.82. The lowest BCUT2D eigenvalue weighted by Crippen LogP contribution is -2.22. The van der Waals surface area contributed by atoms with Crippen LogP contribution in [0.1, 0.15) is 51.2 Å². The Morgan fingerprint density at radius 2 is 2.00 bits per heavy atom. The summed E-state index contributed by atoms with van der Waals surface area (Å²) in [5.41, 5.74) is 3.12. The number of aromatic nitrogens is 3. The monoisotopic (exact) mass is 365 g/mol. The Morgan fingerprint density at radius 1 is 1.22 bits per heavy atom. The number of carbonyl (C=O) groups excluding carboxylic acids is 2. The van der Waals surface area contributed by atoms with Gasteiger partial charge in [0.1, 0.15) is 11.3 Å². The minimum Gasteiger partial charge on any atom is -0.497 e. The molecule has 4 rings (SSSR count). The van der Waals surface area contributed by atoms with Crippen molar-refractivity contribution in [2.45, 2.75) is 25.7 Å². The summed E-state index contributed by atoms with van der Waals surface area (Å²) in [7, 11) is 1.62. The van der Waals surface area contributed by atoms with Gasteiger partial charge in [-0.2, -0.15) is 5.10 Å². The summed E-state index contributed by atoms with van der Waals surface area (Å²) in [6.07, 6.45) is 4.04. The smallest absolute Gasteiger partial charge is 0.343 e. The molecule has 2 aromatic heterocycles. The number of benzene rings is 1. The molecule has 1 aliphatic rings. The number of methoxy groups -OCH3 is 1. The van der Waals surface area contributed by atoms with Crippen molar-refractivity contribution in [2.75, 3.05) is 13.7 Å². The Kier molecular flexibility index (Phi) is 4.35. The van der Waals surface area contributed by atoms with E-state index in [-0.39, 0.29) is 18.3 Å². The molecule has 1 unspecified atom stereocenters. The quantitative estimate of drug-likeness (QED) is 0.661. The first kappa shape index (κ1) is 17.2. The van der Waals surface area contributed by atoms with E-state index in [1.807, 2.05) is 24.3 Å². The van der Waals surface area contributed by atoms with Crippen LogP contribution < -0.4 is 4.74 Å². The molecule has 3 aromatic rings. The number of ether oxygens (including phenoxy) is 2. The average molecular weight is 365 g/mol. The average Bonchev–Trinajstić information content (AvgIpc) is 3.13. The highest BCUT2D eigenvalue weighted by Crippen LogP contribution is 2.33. The van der Waals surface area contributed by atoms with Crippen LogP contribution in [0.5, 0.6) is 5.75 Å². The molecule has 0 N–H and O–H groups in total. The summed E-state index contributed by atoms with van der Waals surface area (Å²) < 4.78 is 11.9. The third kappa shape index (κ3) is 2.95. The number of rotatable bonds is 4. The molecule has 0 amide bonds. The molecule has 1 atom stereocenters. The molecular weight excluding hydrogens is 346 g/mol. The summed E-state index contributed by atoms with van der Waals surface area (Å²) in [6.45, 7) is 2.02. The molecule has 1 aliphatic carbocycles. The lowest BCUT2D eigenvalue weighted by Gasteiger charge is -2.24. The fourth-order valence-corrected chi connectivity index (χ4v) is 3.51. The van der Waals surface area contributed by atoms with Crippen LogP contribution in [0.2, 0.25) is 0 Å². The van der Waals surface area contributed by atoms with E-state index in [0.29, 0.717) is 29.6 Å². The van der Waals surface area contributed by atoms with Crippen molar-refractivity contribution in [3.8, 4) is 5.75 Å². The predicted octanol–water partition coefficient (Wildman–Crippen LogP) is 2.83. The second-order valence-corrected chi connectivity index (χ2v) is 6.43. The second-order valence-electron chi connectivity index (χ2n) is 6.43. The highest BCUT2D eigenvalue weighted by Gasteiger charge is 2.30. The van der Waals surface area contributed by atoms with E-state index in [9.17, 15) is 9.59 Å². The number of ketones is 1. The van der Waals surface area contributed by atoms with Crippen LogP contribution in [0.3, 0.4) is 0 Å². The SMILES string of the molecule is CCOC(=O)c1cnn2c3c(cnc12)C(=O)CC(c1ccc(OC)cc1)C3. The van der Waals surface area contributed by atoms with E-state index in [1.165, 1.54) is 6.20 Å². The summed E-state index contributed by atoms with van der Waals surface area (Å²) in [4.78, 5) is 29.1. The molecule has 0 radical (unpaired) electrons. The number of nitrogens with zero attached hydrogens (tertiary/aromatic N) is 3. The summed E-state index contributed by atoms with van der Waals surface area (Å²) in [6, 6.07) is 7.75. The van der Waals surface area contributed by atoms with Crippen molar-refractivity contribution >= 4 is 17.4 Å². The highest BCUT2D eigenvalue weighted by molar-refractivity contribution is 6.00. The lowest BCUT2D eigenvalue weighted by atomic mass is 9.82. The molecule has 138 valence electrons. The maximum atomic E-state index is 12.7. The van der Waals surface area contributed by atoms with Gasteiger partial charge in [0.25, 0.3) is 0 Å². The first-order valence-corrected chi connectivity index (χ1v) is 8.82. The van der Waals surface area contributed by atoms with Crippen molar-refractivity contribution in [3.63, 3.8) is 0 Å². The van der Waals surface area contributed by atoms with Gasteiger partial charge in [-0.05, 0) is 37.0 Å². The third-order valence-corrected chi connectivity index (χ3v) is 4.88. The van der Waals surface area contributed by atoms with Crippen LogP contribution in [0.25, 0.3) is 5.65 Å². The Balaban J connectivity index is 1.74. The number of hydrogen-bond acceptors (Lipinski definition) is 6. The highest BCUT2D eigenvalue weighted by atomic mass is 16.5. The molecule has 1 aromatic carbocycles. The van der Waals surface area contributed by atoms with Gasteiger partial charge in [0.2, 0.25) is 0 Å². The number of Topliss-reactive ketones (excluding diaryl/α,β-unsaturated/α-hetero) is 1. The van der Waals surface area contributed by atoms with Crippen LogP contribution in [0.15, 0.2) is 36.7 Å². The van der Waals surface area contributed by atoms with E-state index in [1.54, 1.807) is 24.7 Å². The van der Waals surface area contributed by atoms with Crippen LogP contribution in [0, 0.1) is 0 Å². The number of carbonyl (C=O) groups is 2. The molecule has 0 saturated carbocycles. The zero-order chi connectivity index (χ0) is 19.0. The second kappa shape index (κ2) is 6.83. The Morgan fingerprint density at radius 3 is 2.70 bits per heavy atom. The van der Waals surface area contributed by atoms with E-state index in [0.717, 1.165) is 17.0 Å². The largest absolute Gasteiger partial charge is 0.497 e. The van der Waals surface area contributed by atoms with Gasteiger partial charge >= 0.3 is 5.97 Å². The summed E-state index contributed by atoms with van der Waals surface area (Å²) in [5, 5.41) is 4.31. The van der Waals surface area contributed by atoms with Gasteiger partial charge in [-0.25, -0.2) is 14.3 Å². The fraction of sp³-hybridized carbons (Fsp3) is 0.300. The zero-order valence-electron chi connectivity index (χ0n) is 15.1. The lowest BCUT2D eigenvalue weighted by molar-refractivity contribution is 0.0528. The minimum atomic E-state index is -0.464. The molecule has 0 spiro atoms. The van der Waals surface area contributed by atoms with E-state index < -0.39 is 5.97 Å². The summed E-state index contributed by atoms with van der Waals surface area (Å²) >= 11 is 0. The molecule has 7 nitrogen and oxygen atoms in total. The number of esters is 1. The molecule has 0 saturated heterocycles. The van der Waals surface area contributed by atoms with E-state index in [4.69, 9.17) is 9.47 Å². The van der Waals surface area contributed by atoms with Crippen molar-refractivity contribution in [2.24, 2.45) is 0 Å². The predicted molar refractivity (Wildman–Crippen MR) is 97.3 cm³/mol. The first-order chi connectivity index (χ1) is 13.1. The maximum absolute atomic E-state index is 12.7. The Bertz CT molecular complexity index is 1020. The van der Waals surface area contributed by atoms with E-state index in [2.05, 4.69) is 10.1 Å². The number of fused-ring (bicyclic) bond motifs is 3. The van der Waals surface area contributed by atoms with Gasteiger partial charge in [-0.1, -0.05) is 12.1 Å². The van der Waals surface area contributed by atoms with Gasteiger partial charge in [0.15, 0.2) is 11.4 Å². The van der Waals surface area contributed by atoms with Gasteiger partial charge in [-0.3, -0.25) is 4.79 Å². The summed E-state index contributed by atoms with van der Waals surface area (Å²) in [5.74, 6) is 0.379. The van der Waals surface area contributed by atoms with Crippen molar-refractivity contribution in [3.05, 3.63) is 59.0 Å². The fourth-order valence-electron chi connectivity index (χ4n) is 3.51. The normalized spacial score (nSPS) is 16.2. The minimum absolute atomic E-state index is 0.0275. The Hall–Kier alpha value is -3.22. The standard InChI is InChI=1S/C20H19N3O4/c1-3-27-20(25)16-11-22-23-17-8-13(12-4-6-14(26-2)7-5-12)9-18(24)15(17)10-21-19(16)23/h4-7,10-11,13H,3,8-9H2,1-2H3. The topological polar surface area (TPSA) is 82.8 Å². The molecule has 2 heterocycles. The third-order valence-electron chi connectivity index (χ3n) is 4.88. The number of hydrogen-bond donors (Lipinski definition) is 0. The van der Waals surface area contributed by atoms with Crippen LogP contribution in [0.4, 0.5) is 0 Å². The maximum Gasteiger partial charge on any atom is 0.343 e. The zero-order valence-corrected chi connectivity index (χ0v) is 15.1. The molecule has 0 aliphatic heterocycles. The molecule has 0 bridgehead atoms. The van der Waals surface area contributed by atoms with Gasteiger partial charge in [0, 0.05) is 12.6 Å². The van der Waals surface area contributed by atoms with Crippen LogP contribution >= 0.6 is 0 Å². The molecular formula is C20H19N3O4. The van der Waals surface area contributed by atoms with Crippen molar-refractivity contribution in [1.29, 1.82) is 0 Å². The van der Waals surface area contributed by atoms with Gasteiger partial charge < -0.3 is 9.47 Å².